The summed E-state index contributed by atoms with van der Waals surface area (Å²) in [5.74, 6) is 0. The first-order chi connectivity index (χ1) is 12.0. The van der Waals surface area contributed by atoms with Gasteiger partial charge in [-0.2, -0.15) is 0 Å². The van der Waals surface area contributed by atoms with Crippen LogP contribution in [0, 0.1) is 6.92 Å². The van der Waals surface area contributed by atoms with Crippen LogP contribution in [0.3, 0.4) is 0 Å². The van der Waals surface area contributed by atoms with Gasteiger partial charge in [-0.05, 0) is 32.8 Å². The van der Waals surface area contributed by atoms with E-state index in [1.54, 1.807) is 4.90 Å². The van der Waals surface area contributed by atoms with Crippen molar-refractivity contribution >= 4 is 6.41 Å². The lowest BCUT2D eigenvalue weighted by Gasteiger charge is -2.17. The van der Waals surface area contributed by atoms with Gasteiger partial charge in [-0.25, -0.2) is 4.98 Å². The zero-order valence-corrected chi connectivity index (χ0v) is 16.4. The standard InChI is InChI=1S/C15H19N3O.C4H8.C2H6/c1-14-10-17(12-16-14)8-5-9-18(13-19)11-15-6-3-2-4-7-15;1-4(2)3;1-2/h2-4,6-7,10,12-13H,5,8-9,11H2,1H3;1H2,2-3H3;1-2H3. The second-order valence-corrected chi connectivity index (χ2v) is 5.88. The molecule has 1 heterocycles. The normalized spacial score (nSPS) is 9.16. The lowest BCUT2D eigenvalue weighted by molar-refractivity contribution is -0.118. The summed E-state index contributed by atoms with van der Waals surface area (Å²) in [6.45, 7) is 15.8. The van der Waals surface area contributed by atoms with Gasteiger partial charge in [-0.1, -0.05) is 49.8 Å². The Kier molecular flexibility index (Phi) is 12.7. The predicted octanol–water partition coefficient (Wildman–Crippen LogP) is 4.85. The number of carbonyl (C=O) groups excluding carboxylic acids is 1. The van der Waals surface area contributed by atoms with Crippen LogP contribution in [0.25, 0.3) is 0 Å². The molecule has 138 valence electrons. The first kappa shape index (κ1) is 22.6. The summed E-state index contributed by atoms with van der Waals surface area (Å²) in [6, 6.07) is 10.0. The van der Waals surface area contributed by atoms with Crippen molar-refractivity contribution in [2.24, 2.45) is 0 Å². The zero-order valence-electron chi connectivity index (χ0n) is 16.4. The maximum atomic E-state index is 11.1. The molecule has 0 spiro atoms. The van der Waals surface area contributed by atoms with Crippen LogP contribution in [0.2, 0.25) is 0 Å². The van der Waals surface area contributed by atoms with E-state index >= 15 is 0 Å². The first-order valence-electron chi connectivity index (χ1n) is 8.85. The molecule has 0 fully saturated rings. The molecule has 2 aromatic rings. The van der Waals surface area contributed by atoms with Gasteiger partial charge in [0.25, 0.3) is 0 Å². The van der Waals surface area contributed by atoms with Gasteiger partial charge >= 0.3 is 0 Å². The maximum absolute atomic E-state index is 11.1. The molecule has 2 rings (SSSR count). The number of amides is 1. The molecular formula is C21H33N3O. The van der Waals surface area contributed by atoms with Crippen molar-refractivity contribution < 1.29 is 4.79 Å². The molecule has 0 bridgehead atoms. The zero-order chi connectivity index (χ0) is 19.1. The Hall–Kier alpha value is -2.36. The molecule has 0 radical (unpaired) electrons. The van der Waals surface area contributed by atoms with Gasteiger partial charge in [-0.3, -0.25) is 4.79 Å². The summed E-state index contributed by atoms with van der Waals surface area (Å²) >= 11 is 0. The van der Waals surface area contributed by atoms with E-state index in [0.717, 1.165) is 37.2 Å². The number of hydrogen-bond donors (Lipinski definition) is 0. The topological polar surface area (TPSA) is 38.1 Å². The Labute approximate surface area is 153 Å². The predicted molar refractivity (Wildman–Crippen MR) is 106 cm³/mol. The molecule has 0 saturated carbocycles. The molecule has 0 aliphatic rings. The van der Waals surface area contributed by atoms with Gasteiger partial charge in [0.2, 0.25) is 6.41 Å². The third kappa shape index (κ3) is 11.8. The van der Waals surface area contributed by atoms with E-state index in [-0.39, 0.29) is 0 Å². The van der Waals surface area contributed by atoms with Crippen molar-refractivity contribution in [1.82, 2.24) is 14.5 Å². The Balaban J connectivity index is 0.000000845. The van der Waals surface area contributed by atoms with E-state index in [1.165, 1.54) is 5.57 Å². The summed E-state index contributed by atoms with van der Waals surface area (Å²) in [5, 5.41) is 0. The Morgan fingerprint density at radius 2 is 1.84 bits per heavy atom. The lowest BCUT2D eigenvalue weighted by Crippen LogP contribution is -2.23. The molecule has 0 aliphatic carbocycles. The number of carbonyl (C=O) groups is 1. The van der Waals surface area contributed by atoms with Crippen molar-refractivity contribution in [3.8, 4) is 0 Å². The summed E-state index contributed by atoms with van der Waals surface area (Å²) in [4.78, 5) is 17.0. The second-order valence-electron chi connectivity index (χ2n) is 5.88. The van der Waals surface area contributed by atoms with Crippen LogP contribution in [0.4, 0.5) is 0 Å². The fraction of sp³-hybridized carbons (Fsp3) is 0.429. The second kappa shape index (κ2) is 14.0. The SMILES string of the molecule is C=C(C)C.CC.Cc1cn(CCCN(C=O)Cc2ccccc2)cn1. The summed E-state index contributed by atoms with van der Waals surface area (Å²) in [7, 11) is 0. The molecule has 1 aromatic heterocycles. The van der Waals surface area contributed by atoms with E-state index in [9.17, 15) is 4.79 Å². The minimum absolute atomic E-state index is 0.674. The molecule has 0 N–H and O–H groups in total. The fourth-order valence-corrected chi connectivity index (χ4v) is 2.04. The van der Waals surface area contributed by atoms with E-state index in [2.05, 4.69) is 16.1 Å². The number of benzene rings is 1. The number of rotatable bonds is 7. The highest BCUT2D eigenvalue weighted by Gasteiger charge is 2.03. The highest BCUT2D eigenvalue weighted by atomic mass is 16.1. The first-order valence-corrected chi connectivity index (χ1v) is 8.85. The van der Waals surface area contributed by atoms with Crippen molar-refractivity contribution in [2.75, 3.05) is 6.54 Å². The minimum atomic E-state index is 0.674. The molecule has 4 heteroatoms. The fourth-order valence-electron chi connectivity index (χ4n) is 2.04. The summed E-state index contributed by atoms with van der Waals surface area (Å²) in [5.41, 5.74) is 3.35. The van der Waals surface area contributed by atoms with Crippen molar-refractivity contribution in [3.63, 3.8) is 0 Å². The van der Waals surface area contributed by atoms with E-state index in [4.69, 9.17) is 0 Å². The van der Waals surface area contributed by atoms with Crippen molar-refractivity contribution in [2.45, 2.75) is 54.1 Å². The van der Waals surface area contributed by atoms with Crippen LogP contribution >= 0.6 is 0 Å². The van der Waals surface area contributed by atoms with E-state index in [1.807, 2.05) is 77.5 Å². The molecule has 4 nitrogen and oxygen atoms in total. The smallest absolute Gasteiger partial charge is 0.210 e. The number of allylic oxidation sites excluding steroid dienone is 1. The quantitative estimate of drug-likeness (QED) is 0.532. The number of imidazole rings is 1. The average Bonchev–Trinajstić information content (AvgIpc) is 3.01. The molecule has 0 atom stereocenters. The van der Waals surface area contributed by atoms with E-state index in [0.29, 0.717) is 6.54 Å². The maximum Gasteiger partial charge on any atom is 0.210 e. The Morgan fingerprint density at radius 1 is 1.24 bits per heavy atom. The van der Waals surface area contributed by atoms with Gasteiger partial charge in [0, 0.05) is 25.8 Å². The van der Waals surface area contributed by atoms with Crippen LogP contribution in [0.5, 0.6) is 0 Å². The van der Waals surface area contributed by atoms with Crippen LogP contribution in [0.15, 0.2) is 55.0 Å². The molecule has 0 aliphatic heterocycles. The molecule has 1 aromatic carbocycles. The highest BCUT2D eigenvalue weighted by molar-refractivity contribution is 5.47. The van der Waals surface area contributed by atoms with E-state index < -0.39 is 0 Å². The van der Waals surface area contributed by atoms with Crippen LogP contribution < -0.4 is 0 Å². The number of aryl methyl sites for hydroxylation is 2. The monoisotopic (exact) mass is 343 g/mol. The number of aromatic nitrogens is 2. The third-order valence-electron chi connectivity index (χ3n) is 3.00. The van der Waals surface area contributed by atoms with Crippen molar-refractivity contribution in [3.05, 3.63) is 66.3 Å². The minimum Gasteiger partial charge on any atom is -0.341 e. The Morgan fingerprint density at radius 3 is 2.32 bits per heavy atom. The van der Waals surface area contributed by atoms with Gasteiger partial charge in [-0.15, -0.1) is 6.58 Å². The van der Waals surface area contributed by atoms with Gasteiger partial charge in [0.05, 0.1) is 12.0 Å². The summed E-state index contributed by atoms with van der Waals surface area (Å²) < 4.78 is 2.06. The van der Waals surface area contributed by atoms with Crippen LogP contribution in [-0.4, -0.2) is 27.4 Å². The molecule has 0 unspecified atom stereocenters. The molecule has 0 saturated heterocycles. The lowest BCUT2D eigenvalue weighted by atomic mass is 10.2. The molecule has 25 heavy (non-hydrogen) atoms. The molecular weight excluding hydrogens is 310 g/mol. The number of hydrogen-bond acceptors (Lipinski definition) is 2. The van der Waals surface area contributed by atoms with Gasteiger partial charge in [0.1, 0.15) is 0 Å². The highest BCUT2D eigenvalue weighted by Crippen LogP contribution is 2.04. The average molecular weight is 344 g/mol. The third-order valence-corrected chi connectivity index (χ3v) is 3.00. The Bertz CT molecular complexity index is 586. The van der Waals surface area contributed by atoms with Crippen LogP contribution in [-0.2, 0) is 17.9 Å². The van der Waals surface area contributed by atoms with Crippen molar-refractivity contribution in [1.29, 1.82) is 0 Å². The summed E-state index contributed by atoms with van der Waals surface area (Å²) in [6.07, 6.45) is 5.70. The number of nitrogens with zero attached hydrogens (tertiary/aromatic N) is 3. The van der Waals surface area contributed by atoms with Gasteiger partial charge < -0.3 is 9.47 Å². The molecule has 1 amide bonds. The van der Waals surface area contributed by atoms with Gasteiger partial charge in [0.15, 0.2) is 0 Å². The van der Waals surface area contributed by atoms with Crippen LogP contribution in [0.1, 0.15) is 45.4 Å². The largest absolute Gasteiger partial charge is 0.341 e.